The van der Waals surface area contributed by atoms with Crippen LogP contribution in [0.3, 0.4) is 0 Å². The SMILES string of the molecule is CC[C@@H](CC1CCCCC1)C(=O)N1CCC[C@@H](N2CCCC2=O)CC1. The van der Waals surface area contributed by atoms with Crippen molar-refractivity contribution in [2.75, 3.05) is 19.6 Å². The van der Waals surface area contributed by atoms with Gasteiger partial charge in [0.1, 0.15) is 0 Å². The van der Waals surface area contributed by atoms with E-state index in [4.69, 9.17) is 0 Å². The van der Waals surface area contributed by atoms with Crippen LogP contribution in [0.5, 0.6) is 0 Å². The molecule has 0 spiro atoms. The van der Waals surface area contributed by atoms with E-state index in [1.807, 2.05) is 0 Å². The predicted octanol–water partition coefficient (Wildman–Crippen LogP) is 3.99. The van der Waals surface area contributed by atoms with Crippen LogP contribution in [0.4, 0.5) is 0 Å². The van der Waals surface area contributed by atoms with Crippen molar-refractivity contribution >= 4 is 11.8 Å². The lowest BCUT2D eigenvalue weighted by Crippen LogP contribution is -2.39. The van der Waals surface area contributed by atoms with Gasteiger partial charge in [-0.2, -0.15) is 0 Å². The molecule has 2 heterocycles. The molecule has 1 saturated carbocycles. The van der Waals surface area contributed by atoms with Crippen molar-refractivity contribution in [1.82, 2.24) is 9.80 Å². The minimum absolute atomic E-state index is 0.216. The van der Waals surface area contributed by atoms with Crippen molar-refractivity contribution in [3.05, 3.63) is 0 Å². The van der Waals surface area contributed by atoms with Gasteiger partial charge in [-0.15, -0.1) is 0 Å². The molecule has 2 saturated heterocycles. The summed E-state index contributed by atoms with van der Waals surface area (Å²) in [5.41, 5.74) is 0. The molecule has 3 aliphatic rings. The third kappa shape index (κ3) is 4.77. The Kier molecular flexibility index (Phi) is 6.77. The van der Waals surface area contributed by atoms with Gasteiger partial charge in [0.15, 0.2) is 0 Å². The van der Waals surface area contributed by atoms with E-state index in [2.05, 4.69) is 16.7 Å². The molecule has 0 aromatic carbocycles. The zero-order valence-corrected chi connectivity index (χ0v) is 16.0. The molecule has 4 nitrogen and oxygen atoms in total. The molecule has 0 bridgehead atoms. The number of likely N-dealkylation sites (tertiary alicyclic amines) is 2. The maximum Gasteiger partial charge on any atom is 0.225 e. The van der Waals surface area contributed by atoms with Crippen molar-refractivity contribution in [1.29, 1.82) is 0 Å². The molecule has 4 heteroatoms. The van der Waals surface area contributed by atoms with Crippen LogP contribution in [0.1, 0.15) is 84.0 Å². The molecular formula is C21H36N2O2. The highest BCUT2D eigenvalue weighted by molar-refractivity contribution is 5.79. The van der Waals surface area contributed by atoms with Gasteiger partial charge in [-0.05, 0) is 44.4 Å². The Bertz CT molecular complexity index is 459. The van der Waals surface area contributed by atoms with Gasteiger partial charge in [-0.25, -0.2) is 0 Å². The fraction of sp³-hybridized carbons (Fsp3) is 0.905. The Morgan fingerprint density at radius 3 is 2.48 bits per heavy atom. The summed E-state index contributed by atoms with van der Waals surface area (Å²) in [6.07, 6.45) is 13.6. The molecule has 3 rings (SSSR count). The lowest BCUT2D eigenvalue weighted by Gasteiger charge is -2.30. The highest BCUT2D eigenvalue weighted by Gasteiger charge is 2.32. The Morgan fingerprint density at radius 2 is 1.80 bits per heavy atom. The van der Waals surface area contributed by atoms with Crippen molar-refractivity contribution in [2.24, 2.45) is 11.8 Å². The van der Waals surface area contributed by atoms with Crippen LogP contribution >= 0.6 is 0 Å². The summed E-state index contributed by atoms with van der Waals surface area (Å²) in [6.45, 7) is 4.83. The van der Waals surface area contributed by atoms with E-state index in [1.54, 1.807) is 0 Å². The summed E-state index contributed by atoms with van der Waals surface area (Å²) in [4.78, 5) is 29.3. The molecule has 0 radical (unpaired) electrons. The van der Waals surface area contributed by atoms with Crippen LogP contribution in [0.2, 0.25) is 0 Å². The first-order valence-electron chi connectivity index (χ1n) is 10.8. The number of nitrogens with zero attached hydrogens (tertiary/aromatic N) is 2. The minimum Gasteiger partial charge on any atom is -0.342 e. The Hall–Kier alpha value is -1.06. The predicted molar refractivity (Wildman–Crippen MR) is 100 cm³/mol. The summed E-state index contributed by atoms with van der Waals surface area (Å²) in [6, 6.07) is 0.367. The van der Waals surface area contributed by atoms with Gasteiger partial charge in [-0.3, -0.25) is 9.59 Å². The van der Waals surface area contributed by atoms with Crippen LogP contribution in [0.25, 0.3) is 0 Å². The lowest BCUT2D eigenvalue weighted by molar-refractivity contribution is -0.136. The molecule has 142 valence electrons. The second-order valence-corrected chi connectivity index (χ2v) is 8.45. The molecule has 0 unspecified atom stereocenters. The van der Waals surface area contributed by atoms with Crippen LogP contribution in [0.15, 0.2) is 0 Å². The molecule has 0 aromatic heterocycles. The van der Waals surface area contributed by atoms with Crippen molar-refractivity contribution in [3.8, 4) is 0 Å². The number of carbonyl (C=O) groups excluding carboxylic acids is 2. The number of rotatable bonds is 5. The van der Waals surface area contributed by atoms with Gasteiger partial charge in [0, 0.05) is 38.0 Å². The molecule has 2 atom stereocenters. The summed E-state index contributed by atoms with van der Waals surface area (Å²) in [7, 11) is 0. The third-order valence-corrected chi connectivity index (χ3v) is 6.74. The van der Waals surface area contributed by atoms with Crippen LogP contribution in [-0.4, -0.2) is 47.3 Å². The van der Waals surface area contributed by atoms with Gasteiger partial charge in [0.2, 0.25) is 11.8 Å². The van der Waals surface area contributed by atoms with Crippen LogP contribution in [-0.2, 0) is 9.59 Å². The molecular weight excluding hydrogens is 312 g/mol. The Balaban J connectivity index is 1.53. The first kappa shape index (κ1) is 18.7. The number of hydrogen-bond acceptors (Lipinski definition) is 2. The van der Waals surface area contributed by atoms with Crippen molar-refractivity contribution in [3.63, 3.8) is 0 Å². The van der Waals surface area contributed by atoms with Gasteiger partial charge in [0.05, 0.1) is 0 Å². The van der Waals surface area contributed by atoms with E-state index in [9.17, 15) is 9.59 Å². The molecule has 3 fully saturated rings. The van der Waals surface area contributed by atoms with Gasteiger partial charge >= 0.3 is 0 Å². The molecule has 1 aliphatic carbocycles. The summed E-state index contributed by atoms with van der Waals surface area (Å²) < 4.78 is 0. The Morgan fingerprint density at radius 1 is 1.00 bits per heavy atom. The number of carbonyl (C=O) groups is 2. The van der Waals surface area contributed by atoms with Crippen molar-refractivity contribution in [2.45, 2.75) is 90.0 Å². The zero-order chi connectivity index (χ0) is 17.6. The minimum atomic E-state index is 0.216. The maximum absolute atomic E-state index is 13.1. The van der Waals surface area contributed by atoms with E-state index in [0.29, 0.717) is 17.9 Å². The fourth-order valence-electron chi connectivity index (χ4n) is 5.19. The lowest BCUT2D eigenvalue weighted by atomic mass is 9.81. The van der Waals surface area contributed by atoms with Gasteiger partial charge in [0.25, 0.3) is 0 Å². The second-order valence-electron chi connectivity index (χ2n) is 8.45. The first-order chi connectivity index (χ1) is 12.2. The smallest absolute Gasteiger partial charge is 0.225 e. The normalized spacial score (nSPS) is 27.4. The largest absolute Gasteiger partial charge is 0.342 e. The molecule has 0 N–H and O–H groups in total. The summed E-state index contributed by atoms with van der Waals surface area (Å²) in [5, 5.41) is 0. The van der Waals surface area contributed by atoms with E-state index >= 15 is 0 Å². The zero-order valence-electron chi connectivity index (χ0n) is 16.0. The Labute approximate surface area is 153 Å². The third-order valence-electron chi connectivity index (χ3n) is 6.74. The van der Waals surface area contributed by atoms with E-state index in [0.717, 1.165) is 70.5 Å². The van der Waals surface area contributed by atoms with E-state index in [1.165, 1.54) is 32.1 Å². The topological polar surface area (TPSA) is 40.6 Å². The first-order valence-corrected chi connectivity index (χ1v) is 10.8. The van der Waals surface area contributed by atoms with Gasteiger partial charge < -0.3 is 9.80 Å². The molecule has 2 aliphatic heterocycles. The van der Waals surface area contributed by atoms with Gasteiger partial charge in [-0.1, -0.05) is 39.0 Å². The van der Waals surface area contributed by atoms with Crippen LogP contribution in [0, 0.1) is 11.8 Å². The average Bonchev–Trinajstić information content (AvgIpc) is 2.92. The summed E-state index contributed by atoms with van der Waals surface area (Å²) >= 11 is 0. The fourth-order valence-corrected chi connectivity index (χ4v) is 5.19. The second kappa shape index (κ2) is 9.05. The number of hydrogen-bond donors (Lipinski definition) is 0. The van der Waals surface area contributed by atoms with E-state index < -0.39 is 0 Å². The standard InChI is InChI=1S/C21H36N2O2/c1-2-18(16-17-8-4-3-5-9-17)21(25)22-13-6-10-19(12-15-22)23-14-7-11-20(23)24/h17-19H,2-16H2,1H3/t18-,19+/m0/s1. The molecule has 0 aromatic rings. The van der Waals surface area contributed by atoms with Crippen molar-refractivity contribution < 1.29 is 9.59 Å². The maximum atomic E-state index is 13.1. The molecule has 2 amide bonds. The monoisotopic (exact) mass is 348 g/mol. The quantitative estimate of drug-likeness (QED) is 0.754. The highest BCUT2D eigenvalue weighted by Crippen LogP contribution is 2.31. The number of amides is 2. The highest BCUT2D eigenvalue weighted by atomic mass is 16.2. The average molecular weight is 349 g/mol. The van der Waals surface area contributed by atoms with Crippen LogP contribution < -0.4 is 0 Å². The van der Waals surface area contributed by atoms with E-state index in [-0.39, 0.29) is 5.92 Å². The molecule has 25 heavy (non-hydrogen) atoms. The summed E-state index contributed by atoms with van der Waals surface area (Å²) in [5.74, 6) is 1.70.